The molecule has 124 valence electrons. The lowest BCUT2D eigenvalue weighted by Gasteiger charge is -2.24. The van der Waals surface area contributed by atoms with Crippen LogP contribution in [0.5, 0.6) is 0 Å². The predicted molar refractivity (Wildman–Crippen MR) is 81.8 cm³/mol. The van der Waals surface area contributed by atoms with E-state index < -0.39 is 9.84 Å². The second-order valence-electron chi connectivity index (χ2n) is 6.90. The molecule has 6 nitrogen and oxygen atoms in total. The molecule has 3 rings (SSSR count). The molecule has 0 aromatic heterocycles. The van der Waals surface area contributed by atoms with Crippen LogP contribution in [0.25, 0.3) is 0 Å². The number of nitrogens with one attached hydrogen (secondary N) is 1. The monoisotopic (exact) mass is 328 g/mol. The van der Waals surface area contributed by atoms with Crippen molar-refractivity contribution in [3.8, 4) is 0 Å². The molecular weight excluding hydrogens is 304 g/mol. The Bertz CT molecular complexity index is 554. The molecule has 0 unspecified atom stereocenters. The molecule has 3 aliphatic rings. The molecular formula is C15H24N2O4S. The number of hydrogen-bond donors (Lipinski definition) is 1. The van der Waals surface area contributed by atoms with Gasteiger partial charge in [0.2, 0.25) is 11.8 Å². The smallest absolute Gasteiger partial charge is 0.225 e. The van der Waals surface area contributed by atoms with E-state index in [4.69, 9.17) is 0 Å². The molecule has 0 aromatic carbocycles. The summed E-state index contributed by atoms with van der Waals surface area (Å²) >= 11 is 0. The zero-order valence-corrected chi connectivity index (χ0v) is 13.6. The lowest BCUT2D eigenvalue weighted by Crippen LogP contribution is -2.38. The van der Waals surface area contributed by atoms with E-state index in [0.29, 0.717) is 32.0 Å². The Hall–Kier alpha value is -1.11. The Morgan fingerprint density at radius 1 is 1.23 bits per heavy atom. The molecule has 2 saturated heterocycles. The summed E-state index contributed by atoms with van der Waals surface area (Å²) in [6.07, 6.45) is 5.37. The first-order chi connectivity index (χ1) is 10.4. The van der Waals surface area contributed by atoms with Crippen molar-refractivity contribution < 1.29 is 18.0 Å². The quantitative estimate of drug-likeness (QED) is 0.806. The number of amides is 2. The summed E-state index contributed by atoms with van der Waals surface area (Å²) in [5.41, 5.74) is 0. The van der Waals surface area contributed by atoms with E-state index in [1.54, 1.807) is 0 Å². The maximum atomic E-state index is 12.2. The topological polar surface area (TPSA) is 83.5 Å². The number of carbonyl (C=O) groups is 2. The maximum absolute atomic E-state index is 12.2. The van der Waals surface area contributed by atoms with Crippen LogP contribution in [-0.2, 0) is 19.4 Å². The number of hydrogen-bond acceptors (Lipinski definition) is 4. The van der Waals surface area contributed by atoms with Crippen LogP contribution in [0.15, 0.2) is 0 Å². The second kappa shape index (κ2) is 6.18. The van der Waals surface area contributed by atoms with Crippen LogP contribution >= 0.6 is 0 Å². The van der Waals surface area contributed by atoms with Gasteiger partial charge in [0.15, 0.2) is 9.84 Å². The number of nitrogens with zero attached hydrogens (tertiary/aromatic N) is 1. The Morgan fingerprint density at radius 3 is 2.59 bits per heavy atom. The molecule has 7 heteroatoms. The van der Waals surface area contributed by atoms with Crippen LogP contribution in [0.3, 0.4) is 0 Å². The van der Waals surface area contributed by atoms with Crippen LogP contribution in [-0.4, -0.2) is 55.8 Å². The fourth-order valence-electron chi connectivity index (χ4n) is 3.90. The number of sulfone groups is 1. The van der Waals surface area contributed by atoms with Gasteiger partial charge in [-0.2, -0.15) is 0 Å². The highest BCUT2D eigenvalue weighted by atomic mass is 32.2. The van der Waals surface area contributed by atoms with E-state index >= 15 is 0 Å². The molecule has 0 aromatic rings. The van der Waals surface area contributed by atoms with Gasteiger partial charge in [-0.3, -0.25) is 9.59 Å². The Balaban J connectivity index is 1.48. The Labute approximate surface area is 131 Å². The molecule has 0 bridgehead atoms. The van der Waals surface area contributed by atoms with Crippen molar-refractivity contribution >= 4 is 21.7 Å². The summed E-state index contributed by atoms with van der Waals surface area (Å²) in [6.45, 7) is 0.935. The number of likely N-dealkylation sites (tertiary alicyclic amines) is 1. The summed E-state index contributed by atoms with van der Waals surface area (Å²) in [6, 6.07) is 0.324. The third kappa shape index (κ3) is 3.45. The third-order valence-electron chi connectivity index (χ3n) is 5.19. The highest BCUT2D eigenvalue weighted by molar-refractivity contribution is 7.91. The normalized spacial score (nSPS) is 31.8. The fraction of sp³-hybridized carbons (Fsp3) is 0.867. The molecule has 1 N–H and O–H groups in total. The first kappa shape index (κ1) is 15.8. The van der Waals surface area contributed by atoms with Gasteiger partial charge >= 0.3 is 0 Å². The molecule has 2 heterocycles. The molecule has 1 saturated carbocycles. The van der Waals surface area contributed by atoms with Crippen LogP contribution in [0.4, 0.5) is 0 Å². The van der Waals surface area contributed by atoms with Gasteiger partial charge in [0.05, 0.1) is 17.4 Å². The maximum Gasteiger partial charge on any atom is 0.225 e. The summed E-state index contributed by atoms with van der Waals surface area (Å²) in [4.78, 5) is 26.2. The molecule has 2 amide bonds. The highest BCUT2D eigenvalue weighted by Crippen LogP contribution is 2.29. The average molecular weight is 328 g/mol. The van der Waals surface area contributed by atoms with Gasteiger partial charge in [-0.1, -0.05) is 12.8 Å². The van der Waals surface area contributed by atoms with Gasteiger partial charge in [0.25, 0.3) is 0 Å². The van der Waals surface area contributed by atoms with Crippen LogP contribution in [0.2, 0.25) is 0 Å². The largest absolute Gasteiger partial charge is 0.355 e. The summed E-state index contributed by atoms with van der Waals surface area (Å²) < 4.78 is 22.8. The molecule has 2 aliphatic heterocycles. The van der Waals surface area contributed by atoms with Crippen molar-refractivity contribution in [1.82, 2.24) is 10.2 Å². The average Bonchev–Trinajstić information content (AvgIpc) is 3.16. The van der Waals surface area contributed by atoms with Gasteiger partial charge in [-0.25, -0.2) is 8.42 Å². The van der Waals surface area contributed by atoms with Crippen molar-refractivity contribution in [3.05, 3.63) is 0 Å². The molecule has 1 aliphatic carbocycles. The molecule has 22 heavy (non-hydrogen) atoms. The number of rotatable bonds is 4. The predicted octanol–water partition coefficient (Wildman–Crippen LogP) is 0.328. The Kier molecular flexibility index (Phi) is 4.43. The summed E-state index contributed by atoms with van der Waals surface area (Å²) in [5.74, 6) is 0.146. The minimum Gasteiger partial charge on any atom is -0.355 e. The second-order valence-corrected chi connectivity index (χ2v) is 9.13. The fourth-order valence-corrected chi connectivity index (χ4v) is 5.76. The van der Waals surface area contributed by atoms with E-state index in [2.05, 4.69) is 5.32 Å². The lowest BCUT2D eigenvalue weighted by atomic mass is 10.1. The van der Waals surface area contributed by atoms with Gasteiger partial charge in [-0.15, -0.1) is 0 Å². The van der Waals surface area contributed by atoms with E-state index in [9.17, 15) is 18.0 Å². The van der Waals surface area contributed by atoms with Crippen molar-refractivity contribution in [2.75, 3.05) is 24.6 Å². The lowest BCUT2D eigenvalue weighted by molar-refractivity contribution is -0.130. The highest BCUT2D eigenvalue weighted by Gasteiger charge is 2.39. The van der Waals surface area contributed by atoms with Crippen LogP contribution < -0.4 is 5.32 Å². The molecule has 0 radical (unpaired) electrons. The molecule has 2 atom stereocenters. The van der Waals surface area contributed by atoms with Crippen molar-refractivity contribution in [2.45, 2.75) is 44.6 Å². The standard InChI is InChI=1S/C15H24N2O4S/c18-14-7-12(9-17(14)13-3-1-2-4-13)15(19)16-8-11-5-6-22(20,21)10-11/h11-13H,1-10H2,(H,16,19)/t11-,12-/m1/s1. The van der Waals surface area contributed by atoms with Gasteiger partial charge in [-0.05, 0) is 25.2 Å². The number of carbonyl (C=O) groups excluding carboxylic acids is 2. The summed E-state index contributed by atoms with van der Waals surface area (Å²) in [7, 11) is -2.90. The van der Waals surface area contributed by atoms with Crippen molar-refractivity contribution in [3.63, 3.8) is 0 Å². The minimum absolute atomic E-state index is 0.0250. The van der Waals surface area contributed by atoms with Gasteiger partial charge in [0.1, 0.15) is 0 Å². The molecule has 0 spiro atoms. The minimum atomic E-state index is -2.90. The van der Waals surface area contributed by atoms with E-state index in [0.717, 1.165) is 12.8 Å². The Morgan fingerprint density at radius 2 is 1.95 bits per heavy atom. The zero-order valence-electron chi connectivity index (χ0n) is 12.8. The zero-order chi connectivity index (χ0) is 15.7. The third-order valence-corrected chi connectivity index (χ3v) is 7.02. The van der Waals surface area contributed by atoms with Gasteiger partial charge in [0, 0.05) is 25.6 Å². The van der Waals surface area contributed by atoms with E-state index in [1.807, 2.05) is 4.90 Å². The SMILES string of the molecule is O=C(NC[C@H]1CCS(=O)(=O)C1)[C@@H]1CC(=O)N(C2CCCC2)C1. The van der Waals surface area contributed by atoms with Crippen molar-refractivity contribution in [2.24, 2.45) is 11.8 Å². The van der Waals surface area contributed by atoms with Gasteiger partial charge < -0.3 is 10.2 Å². The van der Waals surface area contributed by atoms with Crippen molar-refractivity contribution in [1.29, 1.82) is 0 Å². The van der Waals surface area contributed by atoms with E-state index in [-0.39, 0.29) is 35.2 Å². The first-order valence-electron chi connectivity index (χ1n) is 8.22. The van der Waals surface area contributed by atoms with E-state index in [1.165, 1.54) is 12.8 Å². The van der Waals surface area contributed by atoms with Crippen LogP contribution in [0, 0.1) is 11.8 Å². The first-order valence-corrected chi connectivity index (χ1v) is 10.0. The summed E-state index contributed by atoms with van der Waals surface area (Å²) in [5, 5.41) is 2.85. The van der Waals surface area contributed by atoms with Crippen LogP contribution in [0.1, 0.15) is 38.5 Å². The molecule has 3 fully saturated rings.